The quantitative estimate of drug-likeness (QED) is 0.224. The summed E-state index contributed by atoms with van der Waals surface area (Å²) in [4.78, 5) is 17.4. The van der Waals surface area contributed by atoms with E-state index in [4.69, 9.17) is 16.3 Å². The molecule has 0 saturated heterocycles. The number of aromatic nitrogens is 1. The van der Waals surface area contributed by atoms with E-state index >= 15 is 0 Å². The summed E-state index contributed by atoms with van der Waals surface area (Å²) in [7, 11) is 0. The van der Waals surface area contributed by atoms with Gasteiger partial charge in [-0.25, -0.2) is 4.79 Å². The van der Waals surface area contributed by atoms with Crippen LogP contribution in [0.25, 0.3) is 6.08 Å². The summed E-state index contributed by atoms with van der Waals surface area (Å²) in [6.07, 6.45) is 10.1. The summed E-state index contributed by atoms with van der Waals surface area (Å²) < 4.78 is 6.49. The van der Waals surface area contributed by atoms with E-state index in [-0.39, 0.29) is 11.3 Å². The second-order valence-corrected chi connectivity index (χ2v) is 13.8. The number of benzene rings is 2. The van der Waals surface area contributed by atoms with Crippen molar-refractivity contribution < 1.29 is 19.7 Å². The second kappa shape index (κ2) is 12.2. The number of allylic oxidation sites excluding steroid dienone is 1. The van der Waals surface area contributed by atoms with Crippen molar-refractivity contribution in [1.82, 2.24) is 4.98 Å². The molecule has 1 heterocycles. The van der Waals surface area contributed by atoms with Crippen LogP contribution in [-0.4, -0.2) is 33.3 Å². The van der Waals surface area contributed by atoms with E-state index in [0.29, 0.717) is 48.9 Å². The number of nitrogens with one attached hydrogen (secondary N) is 1. The Balaban J connectivity index is 1.25. The highest BCUT2D eigenvalue weighted by Crippen LogP contribution is 2.55. The molecule has 0 bridgehead atoms. The fraction of sp³-hybridized carbons (Fsp3) is 0.459. The molecule has 6 nitrogen and oxygen atoms in total. The Kier molecular flexibility index (Phi) is 8.51. The molecule has 1 aromatic heterocycles. The molecule has 3 aliphatic carbocycles. The molecule has 0 radical (unpaired) electrons. The third kappa shape index (κ3) is 5.75. The third-order valence-corrected chi connectivity index (χ3v) is 10.5. The monoisotopic (exact) mass is 614 g/mol. The minimum absolute atomic E-state index is 0.252. The summed E-state index contributed by atoms with van der Waals surface area (Å²) >= 11 is 6.23. The van der Waals surface area contributed by atoms with E-state index in [2.05, 4.69) is 42.4 Å². The van der Waals surface area contributed by atoms with Crippen LogP contribution in [0.4, 0.5) is 5.69 Å². The lowest BCUT2D eigenvalue weighted by Crippen LogP contribution is -2.52. The number of aliphatic hydroxyl groups excluding tert-OH is 1. The first-order valence-electron chi connectivity index (χ1n) is 16.0. The Morgan fingerprint density at radius 2 is 1.93 bits per heavy atom. The van der Waals surface area contributed by atoms with Crippen molar-refractivity contribution in [3.8, 4) is 5.75 Å². The Morgan fingerprint density at radius 3 is 2.66 bits per heavy atom. The number of anilines is 1. The number of aryl methyl sites for hydroxylation is 1. The maximum Gasteiger partial charge on any atom is 0.329 e. The SMILES string of the molecule is CC(O)c1ccc2c(c1)C1(CCC(Nc3cccc(Cl)c3)(C(=O)O)CC1)C(C[C@@H](C)COc1ccnc3c1[C@H](C)CCC3)=C2. The van der Waals surface area contributed by atoms with Gasteiger partial charge in [-0.15, -0.1) is 0 Å². The Hall–Kier alpha value is -3.35. The lowest BCUT2D eigenvalue weighted by Gasteiger charge is -2.46. The van der Waals surface area contributed by atoms with Crippen LogP contribution >= 0.6 is 11.6 Å². The van der Waals surface area contributed by atoms with E-state index in [1.807, 2.05) is 30.5 Å². The first kappa shape index (κ1) is 30.7. The Morgan fingerprint density at radius 1 is 1.14 bits per heavy atom. The first-order valence-corrected chi connectivity index (χ1v) is 16.4. The number of hydrogen-bond donors (Lipinski definition) is 3. The maximum atomic E-state index is 12.8. The summed E-state index contributed by atoms with van der Waals surface area (Å²) in [5, 5.41) is 24.9. The number of rotatable bonds is 9. The van der Waals surface area contributed by atoms with E-state index in [1.54, 1.807) is 19.1 Å². The minimum Gasteiger partial charge on any atom is -0.493 e. The highest BCUT2D eigenvalue weighted by atomic mass is 35.5. The maximum absolute atomic E-state index is 12.8. The Labute approximate surface area is 265 Å². The molecular weight excluding hydrogens is 572 g/mol. The predicted octanol–water partition coefficient (Wildman–Crippen LogP) is 8.48. The Bertz CT molecular complexity index is 1570. The molecule has 0 amide bonds. The van der Waals surface area contributed by atoms with Gasteiger partial charge in [0.15, 0.2) is 0 Å². The van der Waals surface area contributed by atoms with Crippen molar-refractivity contribution in [2.45, 2.75) is 95.1 Å². The number of hydrogen-bond acceptors (Lipinski definition) is 5. The van der Waals surface area contributed by atoms with Crippen molar-refractivity contribution >= 4 is 29.3 Å². The molecule has 1 fully saturated rings. The molecule has 1 saturated carbocycles. The number of fused-ring (bicyclic) bond motifs is 3. The van der Waals surface area contributed by atoms with Crippen molar-refractivity contribution in [3.05, 3.63) is 93.3 Å². The number of aliphatic hydroxyl groups is 1. The van der Waals surface area contributed by atoms with Crippen LogP contribution in [0.5, 0.6) is 5.75 Å². The molecule has 3 aliphatic rings. The van der Waals surface area contributed by atoms with Gasteiger partial charge in [-0.3, -0.25) is 4.98 Å². The van der Waals surface area contributed by atoms with Gasteiger partial charge in [0.1, 0.15) is 11.3 Å². The van der Waals surface area contributed by atoms with Crippen molar-refractivity contribution in [3.63, 3.8) is 0 Å². The molecule has 3 aromatic rings. The van der Waals surface area contributed by atoms with Gasteiger partial charge >= 0.3 is 5.97 Å². The van der Waals surface area contributed by atoms with E-state index < -0.39 is 17.6 Å². The molecule has 44 heavy (non-hydrogen) atoms. The smallest absolute Gasteiger partial charge is 0.329 e. The van der Waals surface area contributed by atoms with E-state index in [9.17, 15) is 15.0 Å². The number of ether oxygens (including phenoxy) is 1. The molecule has 3 atom stereocenters. The van der Waals surface area contributed by atoms with Crippen molar-refractivity contribution in [1.29, 1.82) is 0 Å². The zero-order chi connectivity index (χ0) is 31.1. The molecule has 6 rings (SSSR count). The zero-order valence-corrected chi connectivity index (χ0v) is 26.7. The highest BCUT2D eigenvalue weighted by Gasteiger charge is 2.51. The van der Waals surface area contributed by atoms with Crippen LogP contribution in [-0.2, 0) is 16.6 Å². The summed E-state index contributed by atoms with van der Waals surface area (Å²) in [6.45, 7) is 6.90. The molecular formula is C37H43ClN2O4. The average molecular weight is 615 g/mol. The molecule has 2 aromatic carbocycles. The molecule has 1 unspecified atom stereocenters. The van der Waals surface area contributed by atoms with E-state index in [1.165, 1.54) is 34.4 Å². The molecule has 232 valence electrons. The second-order valence-electron chi connectivity index (χ2n) is 13.4. The minimum atomic E-state index is -1.09. The van der Waals surface area contributed by atoms with Gasteiger partial charge in [0.05, 0.1) is 12.7 Å². The topological polar surface area (TPSA) is 91.7 Å². The van der Waals surface area contributed by atoms with Gasteiger partial charge < -0.3 is 20.3 Å². The van der Waals surface area contributed by atoms with Crippen LogP contribution in [0, 0.1) is 5.92 Å². The zero-order valence-electron chi connectivity index (χ0n) is 25.9. The fourth-order valence-electron chi connectivity index (χ4n) is 7.79. The number of pyridine rings is 1. The average Bonchev–Trinajstić information content (AvgIpc) is 3.28. The van der Waals surface area contributed by atoms with Gasteiger partial charge in [-0.2, -0.15) is 0 Å². The molecule has 3 N–H and O–H groups in total. The van der Waals surface area contributed by atoms with Gasteiger partial charge in [-0.05, 0) is 111 Å². The summed E-state index contributed by atoms with van der Waals surface area (Å²) in [5.74, 6) is 0.825. The number of halogens is 1. The summed E-state index contributed by atoms with van der Waals surface area (Å²) in [5.41, 5.74) is 6.38. The third-order valence-electron chi connectivity index (χ3n) is 10.3. The van der Waals surface area contributed by atoms with Gasteiger partial charge in [0, 0.05) is 33.6 Å². The lowest BCUT2D eigenvalue weighted by molar-refractivity contribution is -0.143. The van der Waals surface area contributed by atoms with E-state index in [0.717, 1.165) is 30.6 Å². The standard InChI is InChI=1S/C37H43ClN2O4/c1-23(22-44-33-12-17-39-32-9-4-6-24(2)34(32)33)18-28-19-27-11-10-26(25(3)41)20-31(27)36(28)13-15-37(16-14-36,35(42)43)40-30-8-5-7-29(38)21-30/h5,7-8,10-12,17,19-21,23-25,40-41H,4,6,9,13-16,18,22H2,1-3H3,(H,42,43)/t23-,24-,25?,36?,37?/m1/s1. The largest absolute Gasteiger partial charge is 0.493 e. The number of aliphatic carboxylic acids is 1. The van der Waals surface area contributed by atoms with Crippen LogP contribution < -0.4 is 10.1 Å². The number of carbonyl (C=O) groups is 1. The number of nitrogens with zero attached hydrogens (tertiary/aromatic N) is 1. The molecule has 0 aliphatic heterocycles. The predicted molar refractivity (Wildman–Crippen MR) is 176 cm³/mol. The lowest BCUT2D eigenvalue weighted by atomic mass is 9.61. The molecule has 1 spiro atoms. The van der Waals surface area contributed by atoms with Crippen molar-refractivity contribution in [2.75, 3.05) is 11.9 Å². The number of carboxylic acids is 1. The fourth-order valence-corrected chi connectivity index (χ4v) is 7.98. The highest BCUT2D eigenvalue weighted by molar-refractivity contribution is 6.30. The van der Waals surface area contributed by atoms with Gasteiger partial charge in [-0.1, -0.05) is 61.4 Å². The van der Waals surface area contributed by atoms with Crippen LogP contribution in [0.2, 0.25) is 5.02 Å². The van der Waals surface area contributed by atoms with Crippen LogP contribution in [0.15, 0.2) is 60.3 Å². The molecule has 7 heteroatoms. The number of carboxylic acid groups (broad SMARTS) is 1. The van der Waals surface area contributed by atoms with Crippen LogP contribution in [0.3, 0.4) is 0 Å². The van der Waals surface area contributed by atoms with Gasteiger partial charge in [0.2, 0.25) is 0 Å². The van der Waals surface area contributed by atoms with Crippen LogP contribution in [0.1, 0.15) is 106 Å². The first-order chi connectivity index (χ1) is 21.1. The van der Waals surface area contributed by atoms with Gasteiger partial charge in [0.25, 0.3) is 0 Å². The normalized spacial score (nSPS) is 25.5. The summed E-state index contributed by atoms with van der Waals surface area (Å²) in [6, 6.07) is 15.5. The van der Waals surface area contributed by atoms with Crippen molar-refractivity contribution in [2.24, 2.45) is 5.92 Å².